The molecule has 1 aliphatic rings. The van der Waals surface area contributed by atoms with E-state index in [0.29, 0.717) is 0 Å². The summed E-state index contributed by atoms with van der Waals surface area (Å²) < 4.78 is 7.28. The molecule has 1 aromatic carbocycles. The SMILES string of the molecule is Cc1ccccc1C(CN1CCOCC1)NCc1cnnn1C. The molecule has 0 saturated carbocycles. The molecule has 0 spiro atoms. The van der Waals surface area contributed by atoms with E-state index in [1.54, 1.807) is 0 Å². The van der Waals surface area contributed by atoms with Crippen LogP contribution in [-0.2, 0) is 18.3 Å². The lowest BCUT2D eigenvalue weighted by Gasteiger charge is -2.31. The molecule has 2 aromatic rings. The highest BCUT2D eigenvalue weighted by molar-refractivity contribution is 5.29. The lowest BCUT2D eigenvalue weighted by atomic mass is 10.0. The minimum atomic E-state index is 0.282. The van der Waals surface area contributed by atoms with Crippen molar-refractivity contribution >= 4 is 0 Å². The molecule has 2 heterocycles. The standard InChI is InChI=1S/C17H25N5O/c1-14-5-3-4-6-16(14)17(13-22-7-9-23-10-8-22)18-11-15-12-19-20-21(15)2/h3-6,12,17-18H,7-11,13H2,1-2H3. The molecule has 1 atom stereocenters. The van der Waals surface area contributed by atoms with Crippen molar-refractivity contribution < 1.29 is 4.74 Å². The normalized spacial score (nSPS) is 17.3. The summed E-state index contributed by atoms with van der Waals surface area (Å²) in [4.78, 5) is 2.47. The number of aryl methyl sites for hydroxylation is 2. The van der Waals surface area contributed by atoms with Crippen molar-refractivity contribution in [3.05, 3.63) is 47.3 Å². The van der Waals surface area contributed by atoms with Gasteiger partial charge in [-0.2, -0.15) is 0 Å². The largest absolute Gasteiger partial charge is 0.379 e. The van der Waals surface area contributed by atoms with Crippen molar-refractivity contribution in [2.45, 2.75) is 19.5 Å². The fourth-order valence-corrected chi connectivity index (χ4v) is 2.99. The van der Waals surface area contributed by atoms with E-state index in [4.69, 9.17) is 4.74 Å². The number of rotatable bonds is 6. The van der Waals surface area contributed by atoms with E-state index in [1.165, 1.54) is 11.1 Å². The maximum Gasteiger partial charge on any atom is 0.0738 e. The lowest BCUT2D eigenvalue weighted by molar-refractivity contribution is 0.0333. The second kappa shape index (κ2) is 7.68. The molecule has 1 aromatic heterocycles. The zero-order chi connectivity index (χ0) is 16.1. The zero-order valence-electron chi connectivity index (χ0n) is 13.9. The van der Waals surface area contributed by atoms with Crippen molar-refractivity contribution in [3.63, 3.8) is 0 Å². The first kappa shape index (κ1) is 16.1. The van der Waals surface area contributed by atoms with Crippen molar-refractivity contribution in [1.29, 1.82) is 0 Å². The summed E-state index contributed by atoms with van der Waals surface area (Å²) in [5, 5.41) is 11.6. The lowest BCUT2D eigenvalue weighted by Crippen LogP contribution is -2.42. The fourth-order valence-electron chi connectivity index (χ4n) is 2.99. The minimum Gasteiger partial charge on any atom is -0.379 e. The molecule has 6 heteroatoms. The third-order valence-corrected chi connectivity index (χ3v) is 4.45. The summed E-state index contributed by atoms with van der Waals surface area (Å²) in [6.07, 6.45) is 1.82. The molecule has 1 saturated heterocycles. The smallest absolute Gasteiger partial charge is 0.0738 e. The highest BCUT2D eigenvalue weighted by Gasteiger charge is 2.19. The van der Waals surface area contributed by atoms with Gasteiger partial charge in [0, 0.05) is 39.3 Å². The summed E-state index contributed by atoms with van der Waals surface area (Å²) in [6, 6.07) is 8.88. The molecule has 1 unspecified atom stereocenters. The summed E-state index contributed by atoms with van der Waals surface area (Å²) in [5.74, 6) is 0. The Kier molecular flexibility index (Phi) is 5.38. The highest BCUT2D eigenvalue weighted by atomic mass is 16.5. The number of ether oxygens (including phenoxy) is 1. The molecule has 0 aliphatic carbocycles. The van der Waals surface area contributed by atoms with Gasteiger partial charge in [0.1, 0.15) is 0 Å². The number of aromatic nitrogens is 3. The van der Waals surface area contributed by atoms with E-state index in [0.717, 1.165) is 45.1 Å². The molecule has 23 heavy (non-hydrogen) atoms. The number of hydrogen-bond acceptors (Lipinski definition) is 5. The molecule has 0 bridgehead atoms. The Morgan fingerprint density at radius 1 is 1.26 bits per heavy atom. The Bertz CT molecular complexity index is 621. The topological polar surface area (TPSA) is 55.2 Å². The van der Waals surface area contributed by atoms with Crippen LogP contribution in [0.3, 0.4) is 0 Å². The fraction of sp³-hybridized carbons (Fsp3) is 0.529. The molecule has 124 valence electrons. The molecule has 0 amide bonds. The molecule has 0 radical (unpaired) electrons. The predicted octanol–water partition coefficient (Wildman–Crippen LogP) is 1.29. The van der Waals surface area contributed by atoms with Gasteiger partial charge < -0.3 is 10.1 Å². The van der Waals surface area contributed by atoms with Gasteiger partial charge in [0.2, 0.25) is 0 Å². The molecular formula is C17H25N5O. The van der Waals surface area contributed by atoms with Crippen LogP contribution in [-0.4, -0.2) is 52.7 Å². The van der Waals surface area contributed by atoms with Gasteiger partial charge in [-0.15, -0.1) is 5.10 Å². The molecule has 3 rings (SSSR count). The minimum absolute atomic E-state index is 0.282. The maximum atomic E-state index is 5.46. The van der Waals surface area contributed by atoms with Crippen molar-refractivity contribution in [2.75, 3.05) is 32.8 Å². The van der Waals surface area contributed by atoms with Gasteiger partial charge in [0.25, 0.3) is 0 Å². The Balaban J connectivity index is 1.72. The number of morpholine rings is 1. The van der Waals surface area contributed by atoms with Crippen LogP contribution < -0.4 is 5.32 Å². The van der Waals surface area contributed by atoms with Gasteiger partial charge in [0.15, 0.2) is 0 Å². The summed E-state index contributed by atoms with van der Waals surface area (Å²) >= 11 is 0. The van der Waals surface area contributed by atoms with Crippen LogP contribution in [0, 0.1) is 6.92 Å². The summed E-state index contributed by atoms with van der Waals surface area (Å²) in [6.45, 7) is 7.56. The molecule has 1 fully saturated rings. The van der Waals surface area contributed by atoms with Crippen LogP contribution in [0.25, 0.3) is 0 Å². The van der Waals surface area contributed by atoms with Gasteiger partial charge in [-0.05, 0) is 18.1 Å². The maximum absolute atomic E-state index is 5.46. The number of nitrogens with zero attached hydrogens (tertiary/aromatic N) is 4. The predicted molar refractivity (Wildman–Crippen MR) is 89.0 cm³/mol. The van der Waals surface area contributed by atoms with Crippen LogP contribution in [0.1, 0.15) is 22.9 Å². The van der Waals surface area contributed by atoms with E-state index in [-0.39, 0.29) is 6.04 Å². The van der Waals surface area contributed by atoms with E-state index in [9.17, 15) is 0 Å². The van der Waals surface area contributed by atoms with Crippen LogP contribution in [0.4, 0.5) is 0 Å². The summed E-state index contributed by atoms with van der Waals surface area (Å²) in [7, 11) is 1.93. The average molecular weight is 315 g/mol. The Hall–Kier alpha value is -1.76. The van der Waals surface area contributed by atoms with Crippen LogP contribution in [0.2, 0.25) is 0 Å². The van der Waals surface area contributed by atoms with Crippen molar-refractivity contribution in [1.82, 2.24) is 25.2 Å². The Morgan fingerprint density at radius 3 is 2.74 bits per heavy atom. The van der Waals surface area contributed by atoms with Crippen molar-refractivity contribution in [2.24, 2.45) is 7.05 Å². The second-order valence-corrected chi connectivity index (χ2v) is 6.05. The second-order valence-electron chi connectivity index (χ2n) is 6.05. The van der Waals surface area contributed by atoms with Crippen LogP contribution in [0.15, 0.2) is 30.5 Å². The number of hydrogen-bond donors (Lipinski definition) is 1. The molecule has 6 nitrogen and oxygen atoms in total. The van der Waals surface area contributed by atoms with Crippen LogP contribution in [0.5, 0.6) is 0 Å². The molecule has 1 aliphatic heterocycles. The number of nitrogens with one attached hydrogen (secondary N) is 1. The van der Waals surface area contributed by atoms with Gasteiger partial charge >= 0.3 is 0 Å². The van der Waals surface area contributed by atoms with E-state index < -0.39 is 0 Å². The average Bonchev–Trinajstić information content (AvgIpc) is 2.98. The van der Waals surface area contributed by atoms with Gasteiger partial charge in [-0.3, -0.25) is 9.58 Å². The highest BCUT2D eigenvalue weighted by Crippen LogP contribution is 2.20. The molecule has 1 N–H and O–H groups in total. The van der Waals surface area contributed by atoms with Crippen molar-refractivity contribution in [3.8, 4) is 0 Å². The third-order valence-electron chi connectivity index (χ3n) is 4.45. The zero-order valence-corrected chi connectivity index (χ0v) is 13.9. The Morgan fingerprint density at radius 2 is 2.04 bits per heavy atom. The first-order chi connectivity index (χ1) is 11.2. The monoisotopic (exact) mass is 315 g/mol. The third kappa shape index (κ3) is 4.16. The Labute approximate surface area is 137 Å². The van der Waals surface area contributed by atoms with E-state index in [1.807, 2.05) is 17.9 Å². The van der Waals surface area contributed by atoms with E-state index >= 15 is 0 Å². The van der Waals surface area contributed by atoms with Gasteiger partial charge in [-0.25, -0.2) is 0 Å². The number of benzene rings is 1. The van der Waals surface area contributed by atoms with Crippen LogP contribution >= 0.6 is 0 Å². The quantitative estimate of drug-likeness (QED) is 0.870. The first-order valence-corrected chi connectivity index (χ1v) is 8.16. The summed E-state index contributed by atoms with van der Waals surface area (Å²) in [5.41, 5.74) is 3.76. The first-order valence-electron chi connectivity index (χ1n) is 8.16. The van der Waals surface area contributed by atoms with E-state index in [2.05, 4.69) is 51.7 Å². The van der Waals surface area contributed by atoms with Gasteiger partial charge in [-0.1, -0.05) is 29.5 Å². The van der Waals surface area contributed by atoms with Gasteiger partial charge in [0.05, 0.1) is 25.1 Å². The molecular weight excluding hydrogens is 290 g/mol.